The lowest BCUT2D eigenvalue weighted by Gasteiger charge is -2.04. The minimum atomic E-state index is -0.470. The van der Waals surface area contributed by atoms with Crippen LogP contribution >= 0.6 is 0 Å². The van der Waals surface area contributed by atoms with E-state index in [9.17, 15) is 14.9 Å². The second-order valence-electron chi connectivity index (χ2n) is 2.83. The molecule has 1 rings (SSSR count). The van der Waals surface area contributed by atoms with Gasteiger partial charge in [-0.1, -0.05) is 0 Å². The van der Waals surface area contributed by atoms with E-state index in [0.717, 1.165) is 0 Å². The molecule has 0 atom stereocenters. The zero-order valence-corrected chi connectivity index (χ0v) is 8.19. The zero-order valence-electron chi connectivity index (χ0n) is 8.19. The van der Waals surface area contributed by atoms with Gasteiger partial charge < -0.3 is 10.6 Å². The molecule has 2 N–H and O–H groups in total. The topological polar surface area (TPSA) is 84.3 Å². The first-order valence-electron chi connectivity index (χ1n) is 4.32. The maximum absolute atomic E-state index is 10.9. The van der Waals surface area contributed by atoms with Crippen LogP contribution in [0.15, 0.2) is 24.3 Å². The largest absolute Gasteiger partial charge is 0.376 e. The number of carbonyl (C=O) groups excluding carboxylic acids is 1. The number of rotatable bonds is 4. The lowest BCUT2D eigenvalue weighted by molar-refractivity contribution is -0.384. The molecule has 0 unspecified atom stereocenters. The van der Waals surface area contributed by atoms with Crippen LogP contribution in [-0.2, 0) is 4.79 Å². The first kappa shape index (κ1) is 11.0. The van der Waals surface area contributed by atoms with Crippen molar-refractivity contribution in [2.24, 2.45) is 0 Å². The number of nitro groups is 1. The number of hydrogen-bond donors (Lipinski definition) is 2. The van der Waals surface area contributed by atoms with Gasteiger partial charge in [-0.05, 0) is 12.1 Å². The van der Waals surface area contributed by atoms with Gasteiger partial charge in [-0.25, -0.2) is 0 Å². The van der Waals surface area contributed by atoms with Crippen LogP contribution in [0.25, 0.3) is 0 Å². The van der Waals surface area contributed by atoms with E-state index in [1.807, 2.05) is 0 Å². The lowest BCUT2D eigenvalue weighted by Crippen LogP contribution is -2.26. The number of likely N-dealkylation sites (N-methyl/N-ethyl adjacent to an activating group) is 1. The maximum atomic E-state index is 10.9. The van der Waals surface area contributed by atoms with Gasteiger partial charge in [0.15, 0.2) is 0 Å². The SMILES string of the molecule is CNC(=O)CNc1ccc([N+](=O)[O-])cc1. The van der Waals surface area contributed by atoms with E-state index in [0.29, 0.717) is 5.69 Å². The summed E-state index contributed by atoms with van der Waals surface area (Å²) in [5.74, 6) is -0.145. The summed E-state index contributed by atoms with van der Waals surface area (Å²) in [5.41, 5.74) is 0.699. The summed E-state index contributed by atoms with van der Waals surface area (Å²) in [6.07, 6.45) is 0. The highest BCUT2D eigenvalue weighted by Crippen LogP contribution is 2.14. The van der Waals surface area contributed by atoms with Crippen molar-refractivity contribution in [2.75, 3.05) is 18.9 Å². The van der Waals surface area contributed by atoms with E-state index in [4.69, 9.17) is 0 Å². The number of nitrogens with one attached hydrogen (secondary N) is 2. The molecule has 0 saturated heterocycles. The predicted molar refractivity (Wildman–Crippen MR) is 55.7 cm³/mol. The summed E-state index contributed by atoms with van der Waals surface area (Å²) in [6.45, 7) is 0.147. The average Bonchev–Trinajstić information content (AvgIpc) is 2.26. The summed E-state index contributed by atoms with van der Waals surface area (Å²) in [5, 5.41) is 15.6. The summed E-state index contributed by atoms with van der Waals surface area (Å²) in [6, 6.07) is 5.88. The normalized spacial score (nSPS) is 9.40. The average molecular weight is 209 g/mol. The predicted octanol–water partition coefficient (Wildman–Crippen LogP) is 0.753. The van der Waals surface area contributed by atoms with Gasteiger partial charge in [0.2, 0.25) is 5.91 Å². The molecule has 1 aromatic carbocycles. The highest BCUT2D eigenvalue weighted by Gasteiger charge is 2.04. The smallest absolute Gasteiger partial charge is 0.269 e. The van der Waals surface area contributed by atoms with Crippen LogP contribution in [0.2, 0.25) is 0 Å². The molecule has 0 aromatic heterocycles. The van der Waals surface area contributed by atoms with Gasteiger partial charge >= 0.3 is 0 Å². The van der Waals surface area contributed by atoms with Gasteiger partial charge in [0.25, 0.3) is 5.69 Å². The molecule has 0 bridgehead atoms. The molecule has 1 amide bonds. The third-order valence-electron chi connectivity index (χ3n) is 1.81. The van der Waals surface area contributed by atoms with E-state index in [1.165, 1.54) is 12.1 Å². The quantitative estimate of drug-likeness (QED) is 0.566. The van der Waals surface area contributed by atoms with Crippen LogP contribution in [0.4, 0.5) is 11.4 Å². The number of carbonyl (C=O) groups is 1. The number of benzene rings is 1. The molecule has 0 fully saturated rings. The summed E-state index contributed by atoms with van der Waals surface area (Å²) >= 11 is 0. The van der Waals surface area contributed by atoms with Crippen molar-refractivity contribution in [1.29, 1.82) is 0 Å². The van der Waals surface area contributed by atoms with Crippen LogP contribution in [0.5, 0.6) is 0 Å². The van der Waals surface area contributed by atoms with Crippen LogP contribution in [0.3, 0.4) is 0 Å². The molecular formula is C9H11N3O3. The molecule has 1 aromatic rings. The van der Waals surface area contributed by atoms with E-state index in [2.05, 4.69) is 10.6 Å². The molecule has 6 heteroatoms. The monoisotopic (exact) mass is 209 g/mol. The van der Waals surface area contributed by atoms with Crippen molar-refractivity contribution in [3.63, 3.8) is 0 Å². The van der Waals surface area contributed by atoms with Crippen LogP contribution < -0.4 is 10.6 Å². The van der Waals surface area contributed by atoms with E-state index in [-0.39, 0.29) is 18.1 Å². The molecule has 15 heavy (non-hydrogen) atoms. The highest BCUT2D eigenvalue weighted by molar-refractivity contribution is 5.80. The lowest BCUT2D eigenvalue weighted by atomic mass is 10.3. The molecule has 0 aliphatic heterocycles. The molecule has 80 valence electrons. The van der Waals surface area contributed by atoms with Crippen LogP contribution in [0, 0.1) is 10.1 Å². The Morgan fingerprint density at radius 3 is 2.47 bits per heavy atom. The third-order valence-corrected chi connectivity index (χ3v) is 1.81. The maximum Gasteiger partial charge on any atom is 0.269 e. The van der Waals surface area contributed by atoms with Crippen molar-refractivity contribution in [3.8, 4) is 0 Å². The van der Waals surface area contributed by atoms with E-state index < -0.39 is 4.92 Å². The summed E-state index contributed by atoms with van der Waals surface area (Å²) in [4.78, 5) is 20.8. The minimum Gasteiger partial charge on any atom is -0.376 e. The van der Waals surface area contributed by atoms with Gasteiger partial charge in [-0.2, -0.15) is 0 Å². The Kier molecular flexibility index (Phi) is 3.61. The third kappa shape index (κ3) is 3.26. The Labute approximate surface area is 86.4 Å². The Balaban J connectivity index is 2.57. The van der Waals surface area contributed by atoms with Gasteiger partial charge in [0.05, 0.1) is 11.5 Å². The Morgan fingerprint density at radius 2 is 2.00 bits per heavy atom. The molecule has 0 aliphatic carbocycles. The Bertz CT molecular complexity index is 361. The van der Waals surface area contributed by atoms with Crippen LogP contribution in [0.1, 0.15) is 0 Å². The molecule has 0 radical (unpaired) electrons. The number of nitro benzene ring substituents is 1. The fraction of sp³-hybridized carbons (Fsp3) is 0.222. The van der Waals surface area contributed by atoms with Crippen molar-refractivity contribution >= 4 is 17.3 Å². The number of nitrogens with zero attached hydrogens (tertiary/aromatic N) is 1. The van der Waals surface area contributed by atoms with Gasteiger partial charge in [-0.15, -0.1) is 0 Å². The molecule has 0 saturated carbocycles. The first-order valence-corrected chi connectivity index (χ1v) is 4.32. The Morgan fingerprint density at radius 1 is 1.40 bits per heavy atom. The second-order valence-corrected chi connectivity index (χ2v) is 2.83. The van der Waals surface area contributed by atoms with Crippen molar-refractivity contribution < 1.29 is 9.72 Å². The standard InChI is InChI=1S/C9H11N3O3/c1-10-9(13)6-11-7-2-4-8(5-3-7)12(14)15/h2-5,11H,6H2,1H3,(H,10,13). The van der Waals surface area contributed by atoms with Crippen molar-refractivity contribution in [3.05, 3.63) is 34.4 Å². The van der Waals surface area contributed by atoms with Gasteiger partial charge in [0, 0.05) is 24.9 Å². The number of non-ortho nitro benzene ring substituents is 1. The number of amides is 1. The van der Waals surface area contributed by atoms with Gasteiger partial charge in [-0.3, -0.25) is 14.9 Å². The van der Waals surface area contributed by atoms with Gasteiger partial charge in [0.1, 0.15) is 0 Å². The molecular weight excluding hydrogens is 198 g/mol. The van der Waals surface area contributed by atoms with E-state index in [1.54, 1.807) is 19.2 Å². The van der Waals surface area contributed by atoms with Crippen LogP contribution in [-0.4, -0.2) is 24.4 Å². The fourth-order valence-corrected chi connectivity index (χ4v) is 0.972. The molecule has 0 spiro atoms. The zero-order chi connectivity index (χ0) is 11.3. The summed E-state index contributed by atoms with van der Waals surface area (Å²) < 4.78 is 0. The van der Waals surface area contributed by atoms with Crippen molar-refractivity contribution in [1.82, 2.24) is 5.32 Å². The van der Waals surface area contributed by atoms with Crippen molar-refractivity contribution in [2.45, 2.75) is 0 Å². The number of hydrogen-bond acceptors (Lipinski definition) is 4. The highest BCUT2D eigenvalue weighted by atomic mass is 16.6. The molecule has 0 heterocycles. The second kappa shape index (κ2) is 4.94. The fourth-order valence-electron chi connectivity index (χ4n) is 0.972. The molecule has 0 aliphatic rings. The first-order chi connectivity index (χ1) is 7.13. The Hall–Kier alpha value is -2.11. The summed E-state index contributed by atoms with van der Waals surface area (Å²) in [7, 11) is 1.54. The molecule has 6 nitrogen and oxygen atoms in total. The number of anilines is 1. The van der Waals surface area contributed by atoms with E-state index >= 15 is 0 Å². The minimum absolute atomic E-state index is 0.0282.